The molecule has 10 heteroatoms. The molecule has 1 aliphatic carbocycles. The molecule has 40 heavy (non-hydrogen) atoms. The summed E-state index contributed by atoms with van der Waals surface area (Å²) in [6.45, 7) is 11.3. The molecular weight excluding hydrogens is 532 g/mol. The topological polar surface area (TPSA) is 114 Å². The summed E-state index contributed by atoms with van der Waals surface area (Å²) in [5.41, 5.74) is 0.135. The van der Waals surface area contributed by atoms with E-state index in [-0.39, 0.29) is 53.0 Å². The first-order valence-electron chi connectivity index (χ1n) is 14.3. The lowest BCUT2D eigenvalue weighted by Crippen LogP contribution is -2.45. The van der Waals surface area contributed by atoms with Gasteiger partial charge in [0.25, 0.3) is 0 Å². The molecule has 3 fully saturated rings. The lowest BCUT2D eigenvalue weighted by atomic mass is 9.82. The highest BCUT2D eigenvalue weighted by molar-refractivity contribution is 7.15. The van der Waals surface area contributed by atoms with E-state index in [4.69, 9.17) is 14.2 Å². The fourth-order valence-electron chi connectivity index (χ4n) is 5.54. The van der Waals surface area contributed by atoms with Gasteiger partial charge in [-0.15, -0.1) is 11.3 Å². The van der Waals surface area contributed by atoms with E-state index in [1.165, 1.54) is 0 Å². The number of hydrogen-bond donors (Lipinski definition) is 2. The molecule has 2 saturated heterocycles. The van der Waals surface area contributed by atoms with Crippen molar-refractivity contribution in [2.75, 3.05) is 24.7 Å². The average Bonchev–Trinajstić information content (AvgIpc) is 3.60. The molecule has 1 aromatic heterocycles. The van der Waals surface area contributed by atoms with Gasteiger partial charge in [0, 0.05) is 23.9 Å². The van der Waals surface area contributed by atoms with Crippen LogP contribution < -0.4 is 10.2 Å². The summed E-state index contributed by atoms with van der Waals surface area (Å²) in [6, 6.07) is 1.37. The fraction of sp³-hybridized carbons (Fsp3) is 0.700. The van der Waals surface area contributed by atoms with E-state index in [1.807, 2.05) is 27.7 Å². The van der Waals surface area contributed by atoms with E-state index in [9.17, 15) is 19.5 Å². The van der Waals surface area contributed by atoms with Gasteiger partial charge in [-0.25, -0.2) is 9.59 Å². The molecule has 0 spiro atoms. The number of carbonyl (C=O) groups excluding carboxylic acids is 2. The third kappa shape index (κ3) is 7.56. The van der Waals surface area contributed by atoms with Crippen LogP contribution in [0, 0.1) is 35.0 Å². The first-order valence-corrected chi connectivity index (χ1v) is 15.2. The SMILES string of the molecule is CC1CCC(C(=O)N(c2cc(C#CC(C)(C)C)sc2C(=O)O)C(C)CCNC(=O)OC2COC3OCCC23)CC1. The zero-order valence-corrected chi connectivity index (χ0v) is 25.0. The van der Waals surface area contributed by atoms with Gasteiger partial charge in [0.05, 0.1) is 29.7 Å². The number of hydrogen-bond acceptors (Lipinski definition) is 7. The second-order valence-corrected chi connectivity index (χ2v) is 13.4. The second kappa shape index (κ2) is 12.9. The largest absolute Gasteiger partial charge is 0.477 e. The first kappa shape index (κ1) is 30.4. The van der Waals surface area contributed by atoms with Gasteiger partial charge >= 0.3 is 12.1 Å². The van der Waals surface area contributed by atoms with Gasteiger partial charge in [0.1, 0.15) is 11.0 Å². The van der Waals surface area contributed by atoms with Gasteiger partial charge in [0.2, 0.25) is 5.91 Å². The van der Waals surface area contributed by atoms with E-state index >= 15 is 0 Å². The van der Waals surface area contributed by atoms with Gasteiger partial charge in [-0.3, -0.25) is 4.79 Å². The molecular formula is C30H42N2O7S. The average molecular weight is 575 g/mol. The number of ether oxygens (including phenoxy) is 3. The van der Waals surface area contributed by atoms with Crippen molar-refractivity contribution in [3.63, 3.8) is 0 Å². The fourth-order valence-corrected chi connectivity index (χ4v) is 6.38. The molecule has 220 valence electrons. The van der Waals surface area contributed by atoms with E-state index in [1.54, 1.807) is 11.0 Å². The number of carbonyl (C=O) groups is 3. The quantitative estimate of drug-likeness (QED) is 0.407. The normalized spacial score (nSPS) is 26.8. The summed E-state index contributed by atoms with van der Waals surface area (Å²) in [4.78, 5) is 41.1. The summed E-state index contributed by atoms with van der Waals surface area (Å²) in [6.07, 6.45) is 3.57. The molecule has 4 rings (SSSR count). The minimum absolute atomic E-state index is 0.0552. The molecule has 4 unspecified atom stereocenters. The van der Waals surface area contributed by atoms with Gasteiger partial charge in [-0.05, 0) is 78.2 Å². The Bertz CT molecular complexity index is 1140. The third-order valence-electron chi connectivity index (χ3n) is 7.85. The monoisotopic (exact) mass is 574 g/mol. The molecule has 1 saturated carbocycles. The van der Waals surface area contributed by atoms with Crippen molar-refractivity contribution in [2.45, 2.75) is 91.6 Å². The number of nitrogens with one attached hydrogen (secondary N) is 1. The molecule has 9 nitrogen and oxygen atoms in total. The molecule has 2 N–H and O–H groups in total. The number of rotatable bonds is 8. The Balaban J connectivity index is 1.48. The number of fused-ring (bicyclic) bond motifs is 1. The van der Waals surface area contributed by atoms with Gasteiger partial charge in [-0.1, -0.05) is 18.8 Å². The number of carboxylic acid groups (broad SMARTS) is 1. The predicted octanol–water partition coefficient (Wildman–Crippen LogP) is 5.27. The number of carboxylic acids is 1. The van der Waals surface area contributed by atoms with Crippen molar-refractivity contribution in [2.24, 2.45) is 23.2 Å². The third-order valence-corrected chi connectivity index (χ3v) is 8.87. The molecule has 4 atom stereocenters. The molecule has 2 amide bonds. The van der Waals surface area contributed by atoms with Crippen LogP contribution in [0.1, 0.15) is 87.7 Å². The van der Waals surface area contributed by atoms with Crippen LogP contribution in [0.5, 0.6) is 0 Å². The van der Waals surface area contributed by atoms with Crippen LogP contribution in [-0.4, -0.2) is 61.3 Å². The second-order valence-electron chi connectivity index (χ2n) is 12.3. The standard InChI is InChI=1S/C30H42N2O7S/c1-18-6-8-20(9-7-18)26(33)32(23-16-21(10-13-30(3,4)5)40-25(23)27(34)35)19(2)11-14-31-29(36)39-24-17-38-28-22(24)12-15-37-28/h16,18-20,22,24,28H,6-9,11-12,14-15,17H2,1-5H3,(H,31,36)(H,34,35). The summed E-state index contributed by atoms with van der Waals surface area (Å²) in [7, 11) is 0. The first-order chi connectivity index (χ1) is 18.9. The Labute approximate surface area is 240 Å². The zero-order chi connectivity index (χ0) is 29.0. The Morgan fingerprint density at radius 2 is 1.93 bits per heavy atom. The Kier molecular flexibility index (Phi) is 9.80. The maximum absolute atomic E-state index is 13.9. The molecule has 3 aliphatic rings. The molecule has 0 bridgehead atoms. The Morgan fingerprint density at radius 3 is 2.60 bits per heavy atom. The van der Waals surface area contributed by atoms with Crippen molar-refractivity contribution in [1.29, 1.82) is 0 Å². The van der Waals surface area contributed by atoms with E-state index in [0.29, 0.717) is 36.1 Å². The lowest BCUT2D eigenvalue weighted by Gasteiger charge is -2.35. The Hall–Kier alpha value is -2.61. The van der Waals surface area contributed by atoms with Crippen LogP contribution in [0.25, 0.3) is 0 Å². The van der Waals surface area contributed by atoms with Crippen LogP contribution in [0.15, 0.2) is 6.07 Å². The number of amides is 2. The highest BCUT2D eigenvalue weighted by atomic mass is 32.1. The molecule has 1 aromatic rings. The zero-order valence-electron chi connectivity index (χ0n) is 24.2. The van der Waals surface area contributed by atoms with Crippen LogP contribution in [0.2, 0.25) is 0 Å². The number of thiophene rings is 1. The van der Waals surface area contributed by atoms with Crippen molar-refractivity contribution < 1.29 is 33.7 Å². The number of anilines is 1. The van der Waals surface area contributed by atoms with E-state index in [2.05, 4.69) is 24.1 Å². The summed E-state index contributed by atoms with van der Waals surface area (Å²) in [5, 5.41) is 12.8. The van der Waals surface area contributed by atoms with E-state index < -0.39 is 12.1 Å². The van der Waals surface area contributed by atoms with Gasteiger partial charge in [-0.2, -0.15) is 0 Å². The maximum Gasteiger partial charge on any atom is 0.407 e. The Morgan fingerprint density at radius 1 is 1.20 bits per heavy atom. The number of alkyl carbamates (subject to hydrolysis) is 1. The molecule has 0 radical (unpaired) electrons. The van der Waals surface area contributed by atoms with Crippen LogP contribution >= 0.6 is 11.3 Å². The van der Waals surface area contributed by atoms with Gasteiger partial charge in [0.15, 0.2) is 6.29 Å². The van der Waals surface area contributed by atoms with E-state index in [0.717, 1.165) is 43.4 Å². The smallest absolute Gasteiger partial charge is 0.407 e. The minimum atomic E-state index is -1.08. The van der Waals surface area contributed by atoms with Crippen LogP contribution in [-0.2, 0) is 19.0 Å². The number of aromatic carboxylic acids is 1. The number of nitrogens with zero attached hydrogens (tertiary/aromatic N) is 1. The lowest BCUT2D eigenvalue weighted by molar-refractivity contribution is -0.124. The maximum atomic E-state index is 13.9. The summed E-state index contributed by atoms with van der Waals surface area (Å²) < 4.78 is 16.6. The van der Waals surface area contributed by atoms with Crippen molar-refractivity contribution in [1.82, 2.24) is 5.32 Å². The van der Waals surface area contributed by atoms with Gasteiger partial charge < -0.3 is 29.5 Å². The molecule has 3 heterocycles. The van der Waals surface area contributed by atoms with Crippen molar-refractivity contribution in [3.05, 3.63) is 15.8 Å². The highest BCUT2D eigenvalue weighted by Gasteiger charge is 2.44. The predicted molar refractivity (Wildman–Crippen MR) is 152 cm³/mol. The summed E-state index contributed by atoms with van der Waals surface area (Å²) in [5.74, 6) is 5.59. The highest BCUT2D eigenvalue weighted by Crippen LogP contribution is 2.37. The molecule has 2 aliphatic heterocycles. The van der Waals surface area contributed by atoms with Crippen molar-refractivity contribution >= 4 is 35.0 Å². The summed E-state index contributed by atoms with van der Waals surface area (Å²) >= 11 is 1.09. The molecule has 0 aromatic carbocycles. The van der Waals surface area contributed by atoms with Crippen LogP contribution in [0.3, 0.4) is 0 Å². The minimum Gasteiger partial charge on any atom is -0.477 e. The van der Waals surface area contributed by atoms with Crippen molar-refractivity contribution in [3.8, 4) is 11.8 Å². The van der Waals surface area contributed by atoms with Crippen LogP contribution in [0.4, 0.5) is 10.5 Å².